The highest BCUT2D eigenvalue weighted by atomic mass is 19.4. The molecule has 3 aromatic rings. The number of carbonyl (C=O) groups is 1. The Balaban J connectivity index is 1.59. The van der Waals surface area contributed by atoms with Crippen molar-refractivity contribution in [1.29, 1.82) is 0 Å². The zero-order chi connectivity index (χ0) is 21.5. The number of benzene rings is 1. The molecule has 10 heteroatoms. The number of nitrogens with zero attached hydrogens (tertiary/aromatic N) is 4. The third-order valence-corrected chi connectivity index (χ3v) is 5.15. The number of halogens is 5. The minimum Gasteiger partial charge on any atom is -0.341 e. The Hall–Kier alpha value is -3.04. The van der Waals surface area contributed by atoms with Crippen molar-refractivity contribution in [1.82, 2.24) is 19.7 Å². The Bertz CT molecular complexity index is 1080. The molecule has 1 aliphatic heterocycles. The number of likely N-dealkylation sites (tertiary alicyclic amines) is 1. The van der Waals surface area contributed by atoms with Crippen LogP contribution < -0.4 is 0 Å². The number of aromatic nitrogens is 3. The molecule has 1 amide bonds. The maximum atomic E-state index is 13.3. The first kappa shape index (κ1) is 20.2. The average molecular weight is 424 g/mol. The first-order valence-corrected chi connectivity index (χ1v) is 9.27. The molecule has 0 atom stereocenters. The molecule has 3 heterocycles. The van der Waals surface area contributed by atoms with Crippen molar-refractivity contribution in [3.63, 3.8) is 0 Å². The van der Waals surface area contributed by atoms with Crippen molar-refractivity contribution in [3.05, 3.63) is 48.3 Å². The zero-order valence-electron chi connectivity index (χ0n) is 15.7. The van der Waals surface area contributed by atoms with Crippen molar-refractivity contribution >= 4 is 16.9 Å². The summed E-state index contributed by atoms with van der Waals surface area (Å²) in [5.41, 5.74) is 0.951. The Kier molecular flexibility index (Phi) is 4.95. The molecule has 1 fully saturated rings. The van der Waals surface area contributed by atoms with Crippen LogP contribution in [0.25, 0.3) is 22.2 Å². The molecule has 0 unspecified atom stereocenters. The zero-order valence-corrected chi connectivity index (χ0v) is 15.7. The third-order valence-electron chi connectivity index (χ3n) is 5.15. The summed E-state index contributed by atoms with van der Waals surface area (Å²) in [5, 5.41) is 4.13. The van der Waals surface area contributed by atoms with Gasteiger partial charge in [-0.15, -0.1) is 0 Å². The molecule has 158 valence electrons. The van der Waals surface area contributed by atoms with Crippen molar-refractivity contribution in [2.45, 2.75) is 31.5 Å². The summed E-state index contributed by atoms with van der Waals surface area (Å²) in [6.07, 6.45) is -2.33. The number of hydrogen-bond donors (Lipinski definition) is 0. The number of fused-ring (bicyclic) bond motifs is 1. The van der Waals surface area contributed by atoms with Gasteiger partial charge in [-0.25, -0.2) is 8.78 Å². The molecule has 1 aliphatic rings. The lowest BCUT2D eigenvalue weighted by molar-refractivity contribution is -0.138. The molecule has 1 aromatic carbocycles. The molecule has 2 aromatic heterocycles. The van der Waals surface area contributed by atoms with Crippen LogP contribution in [0.1, 0.15) is 18.4 Å². The molecular weight excluding hydrogens is 407 g/mol. The molecule has 0 N–H and O–H groups in total. The normalized spacial score (nSPS) is 16.8. The van der Waals surface area contributed by atoms with E-state index >= 15 is 0 Å². The van der Waals surface area contributed by atoms with E-state index in [2.05, 4.69) is 10.1 Å². The van der Waals surface area contributed by atoms with Gasteiger partial charge in [0.2, 0.25) is 5.91 Å². The number of carbonyl (C=O) groups excluding carboxylic acids is 1. The predicted molar refractivity (Wildman–Crippen MR) is 98.7 cm³/mol. The SMILES string of the molecule is O=C(Cn1ncc2ncc(-c3cccc(C(F)(F)F)c3)cc21)N1CCC(F)(F)CC1. The van der Waals surface area contributed by atoms with Gasteiger partial charge in [0.1, 0.15) is 12.1 Å². The molecule has 4 rings (SSSR count). The van der Waals surface area contributed by atoms with E-state index in [-0.39, 0.29) is 38.4 Å². The van der Waals surface area contributed by atoms with Crippen LogP contribution in [0.15, 0.2) is 42.7 Å². The molecule has 1 saturated heterocycles. The number of pyridine rings is 1. The highest BCUT2D eigenvalue weighted by molar-refractivity contribution is 5.83. The number of piperidine rings is 1. The summed E-state index contributed by atoms with van der Waals surface area (Å²) in [6.45, 7) is -0.222. The summed E-state index contributed by atoms with van der Waals surface area (Å²) < 4.78 is 67.0. The van der Waals surface area contributed by atoms with Crippen LogP contribution in [0.5, 0.6) is 0 Å². The maximum Gasteiger partial charge on any atom is 0.416 e. The van der Waals surface area contributed by atoms with E-state index in [1.54, 1.807) is 6.07 Å². The highest BCUT2D eigenvalue weighted by Gasteiger charge is 2.35. The van der Waals surface area contributed by atoms with Gasteiger partial charge >= 0.3 is 6.18 Å². The van der Waals surface area contributed by atoms with E-state index in [0.29, 0.717) is 22.2 Å². The fraction of sp³-hybridized carbons (Fsp3) is 0.350. The van der Waals surface area contributed by atoms with E-state index in [4.69, 9.17) is 0 Å². The standard InChI is InChI=1S/C20H17F5N4O/c21-19(22)4-6-28(7-5-19)18(30)12-29-17-9-14(10-26-16(17)11-27-29)13-2-1-3-15(8-13)20(23,24)25/h1-3,8-11H,4-7,12H2. The van der Waals surface area contributed by atoms with Gasteiger partial charge in [0.15, 0.2) is 0 Å². The van der Waals surface area contributed by atoms with Crippen molar-refractivity contribution in [3.8, 4) is 11.1 Å². The lowest BCUT2D eigenvalue weighted by Gasteiger charge is -2.31. The lowest BCUT2D eigenvalue weighted by atomic mass is 10.0. The van der Waals surface area contributed by atoms with E-state index < -0.39 is 17.7 Å². The van der Waals surface area contributed by atoms with Crippen LogP contribution in [-0.2, 0) is 17.5 Å². The van der Waals surface area contributed by atoms with Gasteiger partial charge in [0.25, 0.3) is 5.92 Å². The second-order valence-corrected chi connectivity index (χ2v) is 7.25. The number of amides is 1. The quantitative estimate of drug-likeness (QED) is 0.587. The fourth-order valence-corrected chi connectivity index (χ4v) is 3.43. The van der Waals surface area contributed by atoms with Crippen LogP contribution >= 0.6 is 0 Å². The van der Waals surface area contributed by atoms with E-state index in [0.717, 1.165) is 12.1 Å². The van der Waals surface area contributed by atoms with Gasteiger partial charge in [-0.2, -0.15) is 18.3 Å². The first-order valence-electron chi connectivity index (χ1n) is 9.27. The van der Waals surface area contributed by atoms with Gasteiger partial charge in [-0.3, -0.25) is 14.5 Å². The van der Waals surface area contributed by atoms with Crippen molar-refractivity contribution < 1.29 is 26.7 Å². The predicted octanol–water partition coefficient (Wildman–Crippen LogP) is 4.37. The smallest absolute Gasteiger partial charge is 0.341 e. The molecule has 0 spiro atoms. The maximum absolute atomic E-state index is 13.3. The van der Waals surface area contributed by atoms with Gasteiger partial charge in [0.05, 0.1) is 17.3 Å². The number of alkyl halides is 5. The van der Waals surface area contributed by atoms with Gasteiger partial charge in [-0.05, 0) is 23.8 Å². The van der Waals surface area contributed by atoms with Gasteiger partial charge in [0, 0.05) is 37.7 Å². The van der Waals surface area contributed by atoms with Crippen LogP contribution in [0.4, 0.5) is 22.0 Å². The average Bonchev–Trinajstić information content (AvgIpc) is 3.09. The largest absolute Gasteiger partial charge is 0.416 e. The van der Waals surface area contributed by atoms with Gasteiger partial charge < -0.3 is 4.90 Å². The summed E-state index contributed by atoms with van der Waals surface area (Å²) >= 11 is 0. The van der Waals surface area contributed by atoms with Gasteiger partial charge in [-0.1, -0.05) is 12.1 Å². The minimum atomic E-state index is -4.47. The number of rotatable bonds is 3. The summed E-state index contributed by atoms with van der Waals surface area (Å²) in [5.74, 6) is -3.10. The van der Waals surface area contributed by atoms with Crippen LogP contribution in [0, 0.1) is 0 Å². The van der Waals surface area contributed by atoms with Crippen molar-refractivity contribution in [2.75, 3.05) is 13.1 Å². The Morgan fingerprint density at radius 1 is 1.07 bits per heavy atom. The molecule has 0 radical (unpaired) electrons. The molecule has 0 aliphatic carbocycles. The van der Waals surface area contributed by atoms with E-state index in [1.807, 2.05) is 0 Å². The summed E-state index contributed by atoms with van der Waals surface area (Å²) in [6, 6.07) is 6.48. The molecule has 5 nitrogen and oxygen atoms in total. The van der Waals surface area contributed by atoms with E-state index in [9.17, 15) is 26.7 Å². The van der Waals surface area contributed by atoms with Crippen LogP contribution in [-0.4, -0.2) is 44.6 Å². The summed E-state index contributed by atoms with van der Waals surface area (Å²) in [4.78, 5) is 18.1. The van der Waals surface area contributed by atoms with Crippen LogP contribution in [0.3, 0.4) is 0 Å². The van der Waals surface area contributed by atoms with E-state index in [1.165, 1.54) is 34.1 Å². The Morgan fingerprint density at radius 2 is 1.80 bits per heavy atom. The fourth-order valence-electron chi connectivity index (χ4n) is 3.43. The second kappa shape index (κ2) is 7.33. The second-order valence-electron chi connectivity index (χ2n) is 7.25. The first-order chi connectivity index (χ1) is 14.1. The Labute approximate surface area is 168 Å². The Morgan fingerprint density at radius 3 is 2.50 bits per heavy atom. The monoisotopic (exact) mass is 424 g/mol. The summed E-state index contributed by atoms with van der Waals surface area (Å²) in [7, 11) is 0. The highest BCUT2D eigenvalue weighted by Crippen LogP contribution is 2.33. The lowest BCUT2D eigenvalue weighted by Crippen LogP contribution is -2.44. The minimum absolute atomic E-state index is 0.0290. The molecule has 30 heavy (non-hydrogen) atoms. The molecule has 0 bridgehead atoms. The number of hydrogen-bond acceptors (Lipinski definition) is 3. The molecule has 0 saturated carbocycles. The van der Waals surface area contributed by atoms with Crippen LogP contribution in [0.2, 0.25) is 0 Å². The topological polar surface area (TPSA) is 51.0 Å². The van der Waals surface area contributed by atoms with Crippen molar-refractivity contribution in [2.24, 2.45) is 0 Å². The third kappa shape index (κ3) is 4.12. The molecular formula is C20H17F5N4O.